The van der Waals surface area contributed by atoms with E-state index in [1.807, 2.05) is 6.92 Å². The van der Waals surface area contributed by atoms with Crippen molar-refractivity contribution >= 4 is 17.9 Å². The van der Waals surface area contributed by atoms with E-state index >= 15 is 0 Å². The van der Waals surface area contributed by atoms with E-state index in [4.69, 9.17) is 14.2 Å². The van der Waals surface area contributed by atoms with Crippen molar-refractivity contribution in [3.63, 3.8) is 0 Å². The number of carbonyl (C=O) groups excluding carboxylic acids is 3. The number of esters is 3. The lowest BCUT2D eigenvalue weighted by Gasteiger charge is -2.18. The van der Waals surface area contributed by atoms with Crippen molar-refractivity contribution in [2.24, 2.45) is 0 Å². The molecule has 170 valence electrons. The Morgan fingerprint density at radius 2 is 1.00 bits per heavy atom. The maximum absolute atomic E-state index is 12.1. The molecule has 0 N–H and O–H groups in total. The molecule has 0 bridgehead atoms. The van der Waals surface area contributed by atoms with E-state index in [9.17, 15) is 14.4 Å². The first-order chi connectivity index (χ1) is 14.0. The van der Waals surface area contributed by atoms with Gasteiger partial charge in [0.05, 0.1) is 0 Å². The standard InChI is InChI=1S/C23H42O6/c1-4-7-9-11-13-16-22(25)28-19-20(18-27-21(24)15-6-3)29-23(26)17-14-12-10-8-5-2/h20H,4-19H2,1-3H3. The lowest BCUT2D eigenvalue weighted by atomic mass is 10.1. The zero-order valence-corrected chi connectivity index (χ0v) is 18.8. The van der Waals surface area contributed by atoms with E-state index in [1.165, 1.54) is 12.8 Å². The summed E-state index contributed by atoms with van der Waals surface area (Å²) in [5, 5.41) is 0. The Morgan fingerprint density at radius 1 is 0.552 bits per heavy atom. The van der Waals surface area contributed by atoms with Crippen LogP contribution in [-0.2, 0) is 28.6 Å². The molecule has 0 amide bonds. The molecule has 0 rings (SSSR count). The van der Waals surface area contributed by atoms with Crippen LogP contribution in [-0.4, -0.2) is 37.2 Å². The average molecular weight is 415 g/mol. The highest BCUT2D eigenvalue weighted by Gasteiger charge is 2.19. The zero-order chi connectivity index (χ0) is 21.7. The van der Waals surface area contributed by atoms with Crippen LogP contribution in [0.2, 0.25) is 0 Å². The first-order valence-corrected chi connectivity index (χ1v) is 11.5. The molecule has 1 unspecified atom stereocenters. The minimum atomic E-state index is -0.747. The van der Waals surface area contributed by atoms with E-state index in [2.05, 4.69) is 13.8 Å². The van der Waals surface area contributed by atoms with Gasteiger partial charge in [0, 0.05) is 19.3 Å². The minimum absolute atomic E-state index is 0.0746. The summed E-state index contributed by atoms with van der Waals surface area (Å²) in [6, 6.07) is 0. The van der Waals surface area contributed by atoms with Gasteiger partial charge in [-0.15, -0.1) is 0 Å². The van der Waals surface area contributed by atoms with Gasteiger partial charge in [0.15, 0.2) is 6.10 Å². The number of ether oxygens (including phenoxy) is 3. The van der Waals surface area contributed by atoms with Gasteiger partial charge in [-0.3, -0.25) is 14.4 Å². The second-order valence-electron chi connectivity index (χ2n) is 7.56. The van der Waals surface area contributed by atoms with Gasteiger partial charge in [0.1, 0.15) is 13.2 Å². The highest BCUT2D eigenvalue weighted by Crippen LogP contribution is 2.09. The van der Waals surface area contributed by atoms with E-state index in [-0.39, 0.29) is 31.1 Å². The molecule has 0 saturated carbocycles. The quantitative estimate of drug-likeness (QED) is 0.158. The lowest BCUT2D eigenvalue weighted by Crippen LogP contribution is -2.30. The van der Waals surface area contributed by atoms with Gasteiger partial charge in [-0.2, -0.15) is 0 Å². The van der Waals surface area contributed by atoms with Crippen molar-refractivity contribution in [3.05, 3.63) is 0 Å². The second kappa shape index (κ2) is 19.7. The Kier molecular flexibility index (Phi) is 18.6. The van der Waals surface area contributed by atoms with Crippen molar-refractivity contribution in [3.8, 4) is 0 Å². The van der Waals surface area contributed by atoms with E-state index in [1.54, 1.807) is 0 Å². The van der Waals surface area contributed by atoms with Crippen molar-refractivity contribution < 1.29 is 28.6 Å². The van der Waals surface area contributed by atoms with E-state index in [0.29, 0.717) is 25.7 Å². The molecule has 0 aliphatic rings. The maximum Gasteiger partial charge on any atom is 0.306 e. The molecule has 0 aliphatic heterocycles. The van der Waals surface area contributed by atoms with Crippen LogP contribution < -0.4 is 0 Å². The summed E-state index contributed by atoms with van der Waals surface area (Å²) in [6.07, 6.45) is 11.4. The van der Waals surface area contributed by atoms with Gasteiger partial charge in [-0.05, 0) is 19.3 Å². The lowest BCUT2D eigenvalue weighted by molar-refractivity contribution is -0.167. The predicted molar refractivity (Wildman–Crippen MR) is 113 cm³/mol. The molecule has 0 aromatic carbocycles. The van der Waals surface area contributed by atoms with Crippen molar-refractivity contribution in [1.29, 1.82) is 0 Å². The van der Waals surface area contributed by atoms with Gasteiger partial charge < -0.3 is 14.2 Å². The van der Waals surface area contributed by atoms with Crippen LogP contribution in [0, 0.1) is 0 Å². The molecule has 0 saturated heterocycles. The van der Waals surface area contributed by atoms with Crippen molar-refractivity contribution in [1.82, 2.24) is 0 Å². The molecular weight excluding hydrogens is 372 g/mol. The molecule has 0 radical (unpaired) electrons. The van der Waals surface area contributed by atoms with Crippen molar-refractivity contribution in [2.75, 3.05) is 13.2 Å². The molecule has 29 heavy (non-hydrogen) atoms. The largest absolute Gasteiger partial charge is 0.462 e. The molecule has 6 nitrogen and oxygen atoms in total. The van der Waals surface area contributed by atoms with Gasteiger partial charge in [0.2, 0.25) is 0 Å². The SMILES string of the molecule is CCCCCCCC(=O)OCC(COC(=O)CCC)OC(=O)CCCCCCC. The van der Waals surface area contributed by atoms with E-state index < -0.39 is 6.10 Å². The third-order valence-corrected chi connectivity index (χ3v) is 4.58. The molecule has 6 heteroatoms. The summed E-state index contributed by atoms with van der Waals surface area (Å²) in [4.78, 5) is 35.6. The van der Waals surface area contributed by atoms with Gasteiger partial charge in [0.25, 0.3) is 0 Å². The molecule has 0 spiro atoms. The second-order valence-corrected chi connectivity index (χ2v) is 7.56. The fraction of sp³-hybridized carbons (Fsp3) is 0.870. The van der Waals surface area contributed by atoms with Gasteiger partial charge in [-0.1, -0.05) is 72.1 Å². The summed E-state index contributed by atoms with van der Waals surface area (Å²) in [7, 11) is 0. The predicted octanol–water partition coefficient (Wildman–Crippen LogP) is 5.51. The third kappa shape index (κ3) is 18.2. The smallest absolute Gasteiger partial charge is 0.306 e. The summed E-state index contributed by atoms with van der Waals surface area (Å²) in [5.74, 6) is -0.981. The first kappa shape index (κ1) is 27.4. The Balaban J connectivity index is 4.28. The number of unbranched alkanes of at least 4 members (excludes halogenated alkanes) is 8. The molecule has 0 heterocycles. The molecule has 1 atom stereocenters. The summed E-state index contributed by atoms with van der Waals surface area (Å²) >= 11 is 0. The fourth-order valence-corrected chi connectivity index (χ4v) is 2.83. The first-order valence-electron chi connectivity index (χ1n) is 11.5. The number of hydrogen-bond donors (Lipinski definition) is 0. The van der Waals surface area contributed by atoms with Crippen LogP contribution >= 0.6 is 0 Å². The topological polar surface area (TPSA) is 78.9 Å². The molecular formula is C23H42O6. The minimum Gasteiger partial charge on any atom is -0.462 e. The molecule has 0 fully saturated rings. The Bertz CT molecular complexity index is 435. The monoisotopic (exact) mass is 414 g/mol. The average Bonchev–Trinajstić information content (AvgIpc) is 2.70. The normalized spacial score (nSPS) is 11.7. The highest BCUT2D eigenvalue weighted by molar-refractivity contribution is 5.71. The Hall–Kier alpha value is -1.59. The maximum atomic E-state index is 12.1. The van der Waals surface area contributed by atoms with Crippen LogP contribution in [0.4, 0.5) is 0 Å². The number of carbonyl (C=O) groups is 3. The summed E-state index contributed by atoms with van der Waals surface area (Å²) in [5.41, 5.74) is 0. The molecule has 0 aromatic rings. The Labute approximate surface area is 177 Å². The van der Waals surface area contributed by atoms with Crippen LogP contribution in [0.1, 0.15) is 111 Å². The van der Waals surface area contributed by atoms with Gasteiger partial charge in [-0.25, -0.2) is 0 Å². The van der Waals surface area contributed by atoms with Crippen LogP contribution in [0.15, 0.2) is 0 Å². The Morgan fingerprint density at radius 3 is 1.48 bits per heavy atom. The third-order valence-electron chi connectivity index (χ3n) is 4.58. The van der Waals surface area contributed by atoms with E-state index in [0.717, 1.165) is 51.4 Å². The number of hydrogen-bond acceptors (Lipinski definition) is 6. The van der Waals surface area contributed by atoms with Crippen LogP contribution in [0.3, 0.4) is 0 Å². The summed E-state index contributed by atoms with van der Waals surface area (Å²) < 4.78 is 15.8. The van der Waals surface area contributed by atoms with Crippen LogP contribution in [0.5, 0.6) is 0 Å². The highest BCUT2D eigenvalue weighted by atomic mass is 16.6. The van der Waals surface area contributed by atoms with Gasteiger partial charge >= 0.3 is 17.9 Å². The molecule has 0 aliphatic carbocycles. The fourth-order valence-electron chi connectivity index (χ4n) is 2.83. The van der Waals surface area contributed by atoms with Crippen LogP contribution in [0.25, 0.3) is 0 Å². The summed E-state index contributed by atoms with van der Waals surface area (Å²) in [6.45, 7) is 6.03. The molecule has 0 aromatic heterocycles. The van der Waals surface area contributed by atoms with Crippen molar-refractivity contribution in [2.45, 2.75) is 117 Å². The zero-order valence-electron chi connectivity index (χ0n) is 18.8. The number of rotatable bonds is 19.